The van der Waals surface area contributed by atoms with Crippen molar-refractivity contribution in [2.75, 3.05) is 24.3 Å². The number of nitrogens with zero attached hydrogens (tertiary/aromatic N) is 3. The smallest absolute Gasteiger partial charge is 0.224 e. The Kier molecular flexibility index (Phi) is 5.82. The van der Waals surface area contributed by atoms with Crippen LogP contribution in [0.2, 0.25) is 0 Å². The molecule has 0 aliphatic heterocycles. The van der Waals surface area contributed by atoms with E-state index in [0.717, 1.165) is 43.0 Å². The minimum Gasteiger partial charge on any atom is -0.362 e. The number of rotatable bonds is 3. The SMILES string of the molecule is Cc1cnc(NC2CCC(N)CC2)nc1N(C)C.Cl. The van der Waals surface area contributed by atoms with Gasteiger partial charge in [0.25, 0.3) is 0 Å². The fourth-order valence-corrected chi connectivity index (χ4v) is 2.40. The second-order valence-electron chi connectivity index (χ2n) is 5.35. The molecule has 0 radical (unpaired) electrons. The third kappa shape index (κ3) is 4.21. The molecule has 5 nitrogen and oxygen atoms in total. The van der Waals surface area contributed by atoms with Crippen molar-refractivity contribution in [2.45, 2.75) is 44.7 Å². The van der Waals surface area contributed by atoms with Crippen molar-refractivity contribution in [1.29, 1.82) is 0 Å². The van der Waals surface area contributed by atoms with E-state index in [1.165, 1.54) is 0 Å². The Labute approximate surface area is 121 Å². The van der Waals surface area contributed by atoms with Crippen molar-refractivity contribution < 1.29 is 0 Å². The Bertz CT molecular complexity index is 402. The van der Waals surface area contributed by atoms with E-state index in [0.29, 0.717) is 12.1 Å². The lowest BCUT2D eigenvalue weighted by molar-refractivity contribution is 0.410. The molecule has 0 unspecified atom stereocenters. The number of anilines is 2. The zero-order chi connectivity index (χ0) is 13.1. The van der Waals surface area contributed by atoms with Crippen molar-refractivity contribution in [3.05, 3.63) is 11.8 Å². The van der Waals surface area contributed by atoms with Crippen LogP contribution in [0.5, 0.6) is 0 Å². The van der Waals surface area contributed by atoms with E-state index in [4.69, 9.17) is 5.73 Å². The summed E-state index contributed by atoms with van der Waals surface area (Å²) in [4.78, 5) is 10.9. The van der Waals surface area contributed by atoms with Crippen LogP contribution in [0.25, 0.3) is 0 Å². The van der Waals surface area contributed by atoms with E-state index in [1.54, 1.807) is 0 Å². The van der Waals surface area contributed by atoms with E-state index in [1.807, 2.05) is 32.1 Å². The topological polar surface area (TPSA) is 67.1 Å². The van der Waals surface area contributed by atoms with E-state index >= 15 is 0 Å². The maximum absolute atomic E-state index is 5.91. The molecular weight excluding hydrogens is 262 g/mol. The fourth-order valence-electron chi connectivity index (χ4n) is 2.40. The first kappa shape index (κ1) is 16.0. The summed E-state index contributed by atoms with van der Waals surface area (Å²) in [6, 6.07) is 0.835. The van der Waals surface area contributed by atoms with Crippen LogP contribution in [0.4, 0.5) is 11.8 Å². The molecule has 0 aromatic carbocycles. The van der Waals surface area contributed by atoms with Crippen molar-refractivity contribution in [3.8, 4) is 0 Å². The van der Waals surface area contributed by atoms with Gasteiger partial charge in [-0.1, -0.05) is 0 Å². The number of aromatic nitrogens is 2. The summed E-state index contributed by atoms with van der Waals surface area (Å²) in [6.07, 6.45) is 6.26. The van der Waals surface area contributed by atoms with E-state index < -0.39 is 0 Å². The molecule has 1 heterocycles. The minimum atomic E-state index is 0. The standard InChI is InChI=1S/C13H23N5.ClH/c1-9-8-15-13(17-12(9)18(2)3)16-11-6-4-10(14)5-7-11;/h8,10-11H,4-7,14H2,1-3H3,(H,15,16,17);1H. The van der Waals surface area contributed by atoms with Crippen LogP contribution >= 0.6 is 12.4 Å². The summed E-state index contributed by atoms with van der Waals surface area (Å²) in [5.41, 5.74) is 7.00. The van der Waals surface area contributed by atoms with Crippen LogP contribution in [0.3, 0.4) is 0 Å². The summed E-state index contributed by atoms with van der Waals surface area (Å²) in [6.45, 7) is 2.03. The van der Waals surface area contributed by atoms with E-state index in [-0.39, 0.29) is 12.4 Å². The Morgan fingerprint density at radius 1 is 1.26 bits per heavy atom. The third-order valence-corrected chi connectivity index (χ3v) is 3.47. The molecule has 19 heavy (non-hydrogen) atoms. The highest BCUT2D eigenvalue weighted by Gasteiger charge is 2.19. The number of aryl methyl sites for hydroxylation is 1. The largest absolute Gasteiger partial charge is 0.362 e. The predicted octanol–water partition coefficient (Wildman–Crippen LogP) is 1.95. The molecular formula is C13H24ClN5. The van der Waals surface area contributed by atoms with E-state index in [9.17, 15) is 0 Å². The molecule has 1 aromatic rings. The quantitative estimate of drug-likeness (QED) is 0.889. The zero-order valence-electron chi connectivity index (χ0n) is 11.9. The van der Waals surface area contributed by atoms with Gasteiger partial charge in [0.05, 0.1) is 0 Å². The van der Waals surface area contributed by atoms with Crippen LogP contribution in [0.15, 0.2) is 6.20 Å². The number of nitrogens with two attached hydrogens (primary N) is 1. The fraction of sp³-hybridized carbons (Fsp3) is 0.692. The van der Waals surface area contributed by atoms with Crippen LogP contribution in [0, 0.1) is 6.92 Å². The minimum absolute atomic E-state index is 0. The van der Waals surface area contributed by atoms with Crippen molar-refractivity contribution in [2.24, 2.45) is 5.73 Å². The molecule has 0 bridgehead atoms. The van der Waals surface area contributed by atoms with Gasteiger partial charge >= 0.3 is 0 Å². The first-order chi connectivity index (χ1) is 8.56. The molecule has 0 saturated heterocycles. The molecule has 1 fully saturated rings. The van der Waals surface area contributed by atoms with Crippen LogP contribution in [-0.2, 0) is 0 Å². The second kappa shape index (κ2) is 6.91. The summed E-state index contributed by atoms with van der Waals surface area (Å²) < 4.78 is 0. The van der Waals surface area contributed by atoms with Crippen LogP contribution in [0.1, 0.15) is 31.2 Å². The Hall–Kier alpha value is -1.07. The van der Waals surface area contributed by atoms with Gasteiger partial charge in [0, 0.05) is 37.9 Å². The number of nitrogens with one attached hydrogen (secondary N) is 1. The highest BCUT2D eigenvalue weighted by Crippen LogP contribution is 2.21. The second-order valence-corrected chi connectivity index (χ2v) is 5.35. The maximum Gasteiger partial charge on any atom is 0.224 e. The Balaban J connectivity index is 0.00000180. The Morgan fingerprint density at radius 3 is 2.47 bits per heavy atom. The average molecular weight is 286 g/mol. The normalized spacial score (nSPS) is 22.5. The molecule has 2 rings (SSSR count). The van der Waals surface area contributed by atoms with E-state index in [2.05, 4.69) is 15.3 Å². The number of hydrogen-bond acceptors (Lipinski definition) is 5. The lowest BCUT2D eigenvalue weighted by Gasteiger charge is -2.27. The number of hydrogen-bond donors (Lipinski definition) is 2. The van der Waals surface area contributed by atoms with Gasteiger partial charge < -0.3 is 16.0 Å². The molecule has 6 heteroatoms. The molecule has 3 N–H and O–H groups in total. The molecule has 1 saturated carbocycles. The van der Waals surface area contributed by atoms with Gasteiger partial charge in [-0.2, -0.15) is 4.98 Å². The first-order valence-electron chi connectivity index (χ1n) is 6.59. The van der Waals surface area contributed by atoms with Crippen LogP contribution < -0.4 is 16.0 Å². The summed E-state index contributed by atoms with van der Waals surface area (Å²) >= 11 is 0. The maximum atomic E-state index is 5.91. The molecule has 108 valence electrons. The predicted molar refractivity (Wildman–Crippen MR) is 82.2 cm³/mol. The Morgan fingerprint density at radius 2 is 1.89 bits per heavy atom. The van der Waals surface area contributed by atoms with Crippen molar-refractivity contribution in [1.82, 2.24) is 9.97 Å². The molecule has 0 spiro atoms. The van der Waals surface area contributed by atoms with Crippen molar-refractivity contribution in [3.63, 3.8) is 0 Å². The van der Waals surface area contributed by atoms with Gasteiger partial charge in [0.1, 0.15) is 5.82 Å². The lowest BCUT2D eigenvalue weighted by Crippen LogP contribution is -2.33. The van der Waals surface area contributed by atoms with Gasteiger partial charge in [-0.15, -0.1) is 12.4 Å². The van der Waals surface area contributed by atoms with Gasteiger partial charge in [-0.05, 0) is 32.6 Å². The third-order valence-electron chi connectivity index (χ3n) is 3.47. The summed E-state index contributed by atoms with van der Waals surface area (Å²) in [7, 11) is 4.00. The van der Waals surface area contributed by atoms with Crippen LogP contribution in [-0.4, -0.2) is 36.1 Å². The molecule has 0 amide bonds. The lowest BCUT2D eigenvalue weighted by atomic mass is 9.92. The molecule has 1 aromatic heterocycles. The van der Waals surface area contributed by atoms with Crippen molar-refractivity contribution >= 4 is 24.2 Å². The van der Waals surface area contributed by atoms with Gasteiger partial charge in [-0.3, -0.25) is 0 Å². The summed E-state index contributed by atoms with van der Waals surface area (Å²) in [5.74, 6) is 1.70. The zero-order valence-corrected chi connectivity index (χ0v) is 12.7. The molecule has 1 aliphatic carbocycles. The number of halogens is 1. The molecule has 0 atom stereocenters. The monoisotopic (exact) mass is 285 g/mol. The van der Waals surface area contributed by atoms with Gasteiger partial charge in [0.2, 0.25) is 5.95 Å². The highest BCUT2D eigenvalue weighted by molar-refractivity contribution is 5.85. The van der Waals surface area contributed by atoms with Gasteiger partial charge in [0.15, 0.2) is 0 Å². The first-order valence-corrected chi connectivity index (χ1v) is 6.59. The summed E-state index contributed by atoms with van der Waals surface area (Å²) in [5, 5.41) is 3.42. The highest BCUT2D eigenvalue weighted by atomic mass is 35.5. The molecule has 1 aliphatic rings. The van der Waals surface area contributed by atoms with Gasteiger partial charge in [-0.25, -0.2) is 4.98 Å². The average Bonchev–Trinajstić information content (AvgIpc) is 2.34.